The zero-order valence-corrected chi connectivity index (χ0v) is 23.5. The summed E-state index contributed by atoms with van der Waals surface area (Å²) in [5, 5.41) is 6.49. The Hall–Kier alpha value is -0.741. The van der Waals surface area contributed by atoms with Gasteiger partial charge in [-0.15, -0.1) is 0 Å². The molecule has 0 saturated carbocycles. The van der Waals surface area contributed by atoms with E-state index in [1.807, 2.05) is 62.4 Å². The van der Waals surface area contributed by atoms with Crippen LogP contribution in [0.5, 0.6) is 0 Å². The summed E-state index contributed by atoms with van der Waals surface area (Å²) in [7, 11) is 0. The van der Waals surface area contributed by atoms with Crippen LogP contribution < -0.4 is 3.58 Å². The van der Waals surface area contributed by atoms with Gasteiger partial charge in [-0.2, -0.15) is 0 Å². The number of hydrogen-bond donors (Lipinski definition) is 0. The normalized spacial score (nSPS) is 10.8. The van der Waals surface area contributed by atoms with Gasteiger partial charge in [0.1, 0.15) is 0 Å². The Bertz CT molecular complexity index is 1060. The van der Waals surface area contributed by atoms with Crippen LogP contribution in [0.1, 0.15) is 13.8 Å². The van der Waals surface area contributed by atoms with Crippen molar-refractivity contribution in [3.63, 3.8) is 0 Å². The molecule has 29 heavy (non-hydrogen) atoms. The van der Waals surface area contributed by atoms with Crippen molar-refractivity contribution < 1.29 is 0 Å². The molecule has 0 amide bonds. The fourth-order valence-corrected chi connectivity index (χ4v) is 9.31. The van der Waals surface area contributed by atoms with Crippen molar-refractivity contribution in [3.8, 4) is 0 Å². The van der Waals surface area contributed by atoms with Crippen LogP contribution in [0.4, 0.5) is 0 Å². The molecule has 0 fully saturated rings. The Morgan fingerprint density at radius 3 is 1.52 bits per heavy atom. The van der Waals surface area contributed by atoms with Crippen LogP contribution in [-0.4, -0.2) is 18.4 Å². The second-order valence-corrected chi connectivity index (χ2v) is 23.5. The molecule has 0 atom stereocenters. The molecule has 0 radical (unpaired) electrons. The van der Waals surface area contributed by atoms with Crippen molar-refractivity contribution in [2.24, 2.45) is 0 Å². The van der Waals surface area contributed by atoms with Crippen molar-refractivity contribution in [2.45, 2.75) is 28.7 Å². The first-order valence-electron chi connectivity index (χ1n) is 9.79. The molecule has 0 spiro atoms. The summed E-state index contributed by atoms with van der Waals surface area (Å²) in [5.41, 5.74) is 0. The van der Waals surface area contributed by atoms with Crippen LogP contribution >= 0.6 is 39.1 Å². The van der Waals surface area contributed by atoms with E-state index in [1.165, 1.54) is 14.4 Å². The van der Waals surface area contributed by atoms with Crippen LogP contribution in [0.3, 0.4) is 0 Å². The molecule has 0 unspecified atom stereocenters. The van der Waals surface area contributed by atoms with E-state index < -0.39 is 18.4 Å². The number of hydrogen-bond acceptors (Lipinski definition) is 0. The predicted molar refractivity (Wildman–Crippen MR) is 140 cm³/mol. The Morgan fingerprint density at radius 2 is 1.03 bits per heavy atom. The van der Waals surface area contributed by atoms with Crippen molar-refractivity contribution in [1.82, 2.24) is 0 Å². The first-order valence-corrected chi connectivity index (χ1v) is 21.3. The Morgan fingerprint density at radius 1 is 0.621 bits per heavy atom. The van der Waals surface area contributed by atoms with E-state index in [0.717, 1.165) is 25.3 Å². The summed E-state index contributed by atoms with van der Waals surface area (Å²) in [4.78, 5) is 7.27. The molecule has 0 aromatic heterocycles. The van der Waals surface area contributed by atoms with Crippen LogP contribution in [0.15, 0.2) is 77.3 Å². The van der Waals surface area contributed by atoms with E-state index in [1.54, 1.807) is 0 Å². The average molecular weight is 597 g/mol. The summed E-state index contributed by atoms with van der Waals surface area (Å²) in [6, 6.07) is 24.6. The fourth-order valence-electron chi connectivity index (χ4n) is 3.17. The summed E-state index contributed by atoms with van der Waals surface area (Å²) >= 11 is 13.7. The second-order valence-electron chi connectivity index (χ2n) is 7.47. The SMILES string of the molecule is CC.Clc1cccc2cccc(Br)c12.[CH3][Sn]([CH3])([CH3])[c]1cccc2cccc(Cl)c12. The molecule has 0 aliphatic heterocycles. The number of halogens is 3. The van der Waals surface area contributed by atoms with E-state index in [0.29, 0.717) is 0 Å². The Kier molecular flexibility index (Phi) is 9.34. The predicted octanol–water partition coefficient (Wildman–Crippen LogP) is 9.32. The van der Waals surface area contributed by atoms with Crippen molar-refractivity contribution >= 4 is 82.6 Å². The first kappa shape index (κ1) is 24.5. The third-order valence-corrected chi connectivity index (χ3v) is 11.6. The number of rotatable bonds is 1. The van der Waals surface area contributed by atoms with Gasteiger partial charge < -0.3 is 0 Å². The Labute approximate surface area is 197 Å². The topological polar surface area (TPSA) is 0 Å². The van der Waals surface area contributed by atoms with Crippen LogP contribution in [-0.2, 0) is 0 Å². The van der Waals surface area contributed by atoms with Gasteiger partial charge in [-0.25, -0.2) is 0 Å². The molecular weight excluding hydrogens is 570 g/mol. The molecule has 0 N–H and O–H groups in total. The van der Waals surface area contributed by atoms with Gasteiger partial charge in [0.15, 0.2) is 0 Å². The maximum atomic E-state index is 6.30. The van der Waals surface area contributed by atoms with Gasteiger partial charge in [0.25, 0.3) is 0 Å². The monoisotopic (exact) mass is 596 g/mol. The summed E-state index contributed by atoms with van der Waals surface area (Å²) in [6.07, 6.45) is 0. The fraction of sp³-hybridized carbons (Fsp3) is 0.200. The molecule has 0 heterocycles. The first-order chi connectivity index (χ1) is 13.8. The van der Waals surface area contributed by atoms with Gasteiger partial charge in [-0.05, 0) is 17.5 Å². The van der Waals surface area contributed by atoms with Gasteiger partial charge in [-0.3, -0.25) is 0 Å². The zero-order chi connectivity index (χ0) is 21.6. The van der Waals surface area contributed by atoms with Gasteiger partial charge in [0, 0.05) is 14.9 Å². The molecule has 0 nitrogen and oxygen atoms in total. The Balaban J connectivity index is 0.000000194. The number of benzene rings is 4. The zero-order valence-electron chi connectivity index (χ0n) is 17.6. The molecule has 4 aromatic carbocycles. The third kappa shape index (κ3) is 6.13. The van der Waals surface area contributed by atoms with E-state index in [9.17, 15) is 0 Å². The van der Waals surface area contributed by atoms with Crippen LogP contribution in [0.2, 0.25) is 24.9 Å². The molecular formula is C25H27BrCl2Sn. The van der Waals surface area contributed by atoms with Gasteiger partial charge in [-0.1, -0.05) is 65.6 Å². The average Bonchev–Trinajstić information content (AvgIpc) is 2.69. The minimum absolute atomic E-state index is 0.792. The molecule has 0 aliphatic rings. The summed E-state index contributed by atoms with van der Waals surface area (Å²) < 4.78 is 2.57. The minimum atomic E-state index is -2.05. The molecule has 4 aromatic rings. The second kappa shape index (κ2) is 11.0. The van der Waals surface area contributed by atoms with Crippen LogP contribution in [0, 0.1) is 0 Å². The standard InChI is InChI=1S/C10H6BrCl.C10H6Cl.C2H6.3CH3.Sn/c11-8-5-1-3-7-4-2-6-9(12)10(7)8;11-10-7-3-5-8-4-1-2-6-9(8)10;1-2;;;;/h1-6H;1-5,7H;1-2H3;3*1H3;. The quantitative estimate of drug-likeness (QED) is 0.192. The van der Waals surface area contributed by atoms with E-state index in [2.05, 4.69) is 55.0 Å². The van der Waals surface area contributed by atoms with Crippen molar-refractivity contribution in [1.29, 1.82) is 0 Å². The van der Waals surface area contributed by atoms with E-state index in [4.69, 9.17) is 23.2 Å². The number of fused-ring (bicyclic) bond motifs is 2. The van der Waals surface area contributed by atoms with E-state index in [-0.39, 0.29) is 0 Å². The van der Waals surface area contributed by atoms with E-state index >= 15 is 0 Å². The molecule has 0 saturated heterocycles. The van der Waals surface area contributed by atoms with Gasteiger partial charge in [0.05, 0.1) is 0 Å². The summed E-state index contributed by atoms with van der Waals surface area (Å²) in [5.74, 6) is 0. The maximum absolute atomic E-state index is 6.30. The molecule has 4 heteroatoms. The molecule has 0 aliphatic carbocycles. The van der Waals surface area contributed by atoms with Crippen molar-refractivity contribution in [2.75, 3.05) is 0 Å². The third-order valence-electron chi connectivity index (χ3n) is 4.46. The molecule has 0 bridgehead atoms. The van der Waals surface area contributed by atoms with Gasteiger partial charge >= 0.3 is 101 Å². The molecule has 152 valence electrons. The molecule has 4 rings (SSSR count). The van der Waals surface area contributed by atoms with Crippen molar-refractivity contribution in [3.05, 3.63) is 87.3 Å². The summed E-state index contributed by atoms with van der Waals surface area (Å²) in [6.45, 7) is 4.00. The van der Waals surface area contributed by atoms with Crippen LogP contribution in [0.25, 0.3) is 21.5 Å². The van der Waals surface area contributed by atoms with Gasteiger partial charge in [0.2, 0.25) is 0 Å².